The van der Waals surface area contributed by atoms with E-state index in [0.29, 0.717) is 28.6 Å². The second-order valence-corrected chi connectivity index (χ2v) is 7.92. The van der Waals surface area contributed by atoms with Crippen molar-refractivity contribution >= 4 is 27.5 Å². The largest absolute Gasteiger partial charge is 0.457 e. The second-order valence-electron chi connectivity index (χ2n) is 6.77. The Hall–Kier alpha value is -0.870. The Balaban J connectivity index is 2.02. The number of nitrogens with zero attached hydrogens (tertiary/aromatic N) is 2. The molecule has 0 spiro atoms. The summed E-state index contributed by atoms with van der Waals surface area (Å²) in [5, 5.41) is 0.419. The van der Waals surface area contributed by atoms with Crippen LogP contribution in [0, 0.1) is 5.92 Å². The zero-order valence-electron chi connectivity index (χ0n) is 12.6. The minimum absolute atomic E-state index is 0.124. The van der Waals surface area contributed by atoms with Gasteiger partial charge in [-0.15, -0.1) is 0 Å². The van der Waals surface area contributed by atoms with Crippen molar-refractivity contribution in [1.29, 1.82) is 0 Å². The quantitative estimate of drug-likeness (QED) is 0.649. The summed E-state index contributed by atoms with van der Waals surface area (Å²) in [6.07, 6.45) is 1.20. The van der Waals surface area contributed by atoms with Gasteiger partial charge >= 0.3 is 0 Å². The molecule has 0 radical (unpaired) electrons. The van der Waals surface area contributed by atoms with Gasteiger partial charge in [0.05, 0.1) is 10.2 Å². The van der Waals surface area contributed by atoms with Gasteiger partial charge in [-0.3, -0.25) is 0 Å². The normalized spacial score (nSPS) is 21.6. The molecule has 3 rings (SSSR count). The predicted octanol–water partition coefficient (Wildman–Crippen LogP) is 5.57. The van der Waals surface area contributed by atoms with Gasteiger partial charge in [-0.1, -0.05) is 39.3 Å². The molecule has 1 aliphatic carbocycles. The number of hydrogen-bond donors (Lipinski definition) is 0. The van der Waals surface area contributed by atoms with Crippen molar-refractivity contribution in [3.05, 3.63) is 33.2 Å². The molecular weight excluding hydrogens is 352 g/mol. The molecule has 0 N–H and O–H groups in total. The van der Waals surface area contributed by atoms with Crippen LogP contribution in [0.5, 0.6) is 0 Å². The van der Waals surface area contributed by atoms with Crippen LogP contribution in [0.2, 0.25) is 5.15 Å². The van der Waals surface area contributed by atoms with Crippen molar-refractivity contribution in [2.45, 2.75) is 45.4 Å². The Morgan fingerprint density at radius 1 is 1.29 bits per heavy atom. The Labute approximate surface area is 138 Å². The Bertz CT molecular complexity index is 690. The molecule has 0 bridgehead atoms. The minimum Gasteiger partial charge on any atom is -0.457 e. The summed E-state index contributed by atoms with van der Waals surface area (Å²) in [6.45, 7) is 8.52. The van der Waals surface area contributed by atoms with Crippen molar-refractivity contribution in [3.8, 4) is 11.6 Å². The van der Waals surface area contributed by atoms with Crippen LogP contribution >= 0.6 is 27.5 Å². The van der Waals surface area contributed by atoms with Crippen molar-refractivity contribution in [2.75, 3.05) is 0 Å². The first kappa shape index (κ1) is 15.0. The lowest BCUT2D eigenvalue weighted by molar-refractivity contribution is 0.512. The van der Waals surface area contributed by atoms with Crippen LogP contribution in [0.15, 0.2) is 21.0 Å². The highest BCUT2D eigenvalue weighted by Gasteiger charge is 2.37. The summed E-state index contributed by atoms with van der Waals surface area (Å²) in [5.41, 5.74) is 0.760. The molecule has 3 nitrogen and oxygen atoms in total. The predicted molar refractivity (Wildman–Crippen MR) is 87.7 cm³/mol. The first-order chi connectivity index (χ1) is 9.77. The third-order valence-corrected chi connectivity index (χ3v) is 5.10. The van der Waals surface area contributed by atoms with Crippen molar-refractivity contribution < 1.29 is 4.42 Å². The van der Waals surface area contributed by atoms with Crippen molar-refractivity contribution in [3.63, 3.8) is 0 Å². The smallest absolute Gasteiger partial charge is 0.197 e. The lowest BCUT2D eigenvalue weighted by Crippen LogP contribution is -2.16. The molecule has 5 heteroatoms. The summed E-state index contributed by atoms with van der Waals surface area (Å²) in [5.74, 6) is 3.52. The molecule has 21 heavy (non-hydrogen) atoms. The van der Waals surface area contributed by atoms with E-state index in [1.165, 1.54) is 6.42 Å². The summed E-state index contributed by atoms with van der Waals surface area (Å²) < 4.78 is 6.68. The van der Waals surface area contributed by atoms with Gasteiger partial charge in [-0.05, 0) is 40.4 Å². The average Bonchev–Trinajstić information content (AvgIpc) is 2.92. The third kappa shape index (κ3) is 2.88. The molecule has 2 heterocycles. The van der Waals surface area contributed by atoms with Crippen LogP contribution in [0.1, 0.15) is 51.5 Å². The molecule has 1 fully saturated rings. The minimum atomic E-state index is -0.124. The lowest BCUT2D eigenvalue weighted by Gasteiger charge is -2.20. The topological polar surface area (TPSA) is 38.9 Å². The molecule has 1 aliphatic rings. The van der Waals surface area contributed by atoms with E-state index in [4.69, 9.17) is 16.0 Å². The van der Waals surface area contributed by atoms with E-state index < -0.39 is 0 Å². The van der Waals surface area contributed by atoms with Gasteiger partial charge in [0.25, 0.3) is 0 Å². The third-order valence-electron chi connectivity index (χ3n) is 3.84. The molecule has 2 aromatic heterocycles. The molecular formula is C16H18BrClN2O. The Kier molecular flexibility index (Phi) is 3.65. The van der Waals surface area contributed by atoms with Crippen molar-refractivity contribution in [1.82, 2.24) is 9.97 Å². The van der Waals surface area contributed by atoms with Crippen LogP contribution in [0.4, 0.5) is 0 Å². The first-order valence-corrected chi connectivity index (χ1v) is 8.28. The molecule has 2 aromatic rings. The molecule has 1 saturated carbocycles. The fraction of sp³-hybridized carbons (Fsp3) is 0.500. The number of furan rings is 1. The zero-order valence-corrected chi connectivity index (χ0v) is 14.9. The highest BCUT2D eigenvalue weighted by molar-refractivity contribution is 9.10. The van der Waals surface area contributed by atoms with E-state index in [1.54, 1.807) is 0 Å². The summed E-state index contributed by atoms with van der Waals surface area (Å²) >= 11 is 9.72. The monoisotopic (exact) mass is 368 g/mol. The standard InChI is InChI=1S/C16H18BrClN2O/c1-8-7-9(8)10-5-6-11(21-10)15-19-13(16(2,3)4)12(17)14(18)20-15/h5-6,8-9H,7H2,1-4H3. The number of aromatic nitrogens is 2. The maximum atomic E-state index is 6.24. The highest BCUT2D eigenvalue weighted by Crippen LogP contribution is 2.48. The van der Waals surface area contributed by atoms with Gasteiger partial charge in [0, 0.05) is 11.3 Å². The van der Waals surface area contributed by atoms with Crippen LogP contribution in [-0.2, 0) is 5.41 Å². The van der Waals surface area contributed by atoms with E-state index in [1.807, 2.05) is 12.1 Å². The molecule has 0 saturated heterocycles. The number of hydrogen-bond acceptors (Lipinski definition) is 3. The number of halogens is 2. The van der Waals surface area contributed by atoms with Crippen LogP contribution < -0.4 is 0 Å². The molecule has 0 aromatic carbocycles. The maximum Gasteiger partial charge on any atom is 0.197 e. The Morgan fingerprint density at radius 3 is 2.52 bits per heavy atom. The summed E-state index contributed by atoms with van der Waals surface area (Å²) in [7, 11) is 0. The lowest BCUT2D eigenvalue weighted by atomic mass is 9.92. The molecule has 2 unspecified atom stereocenters. The fourth-order valence-corrected chi connectivity index (χ4v) is 3.36. The van der Waals surface area contributed by atoms with Gasteiger partial charge in [0.2, 0.25) is 0 Å². The van der Waals surface area contributed by atoms with E-state index in [-0.39, 0.29) is 5.41 Å². The van der Waals surface area contributed by atoms with E-state index in [9.17, 15) is 0 Å². The maximum absolute atomic E-state index is 6.24. The van der Waals surface area contributed by atoms with Gasteiger partial charge in [-0.2, -0.15) is 0 Å². The van der Waals surface area contributed by atoms with E-state index in [0.717, 1.165) is 15.9 Å². The summed E-state index contributed by atoms with van der Waals surface area (Å²) in [4.78, 5) is 8.99. The molecule has 0 aliphatic heterocycles. The van der Waals surface area contributed by atoms with Crippen molar-refractivity contribution in [2.24, 2.45) is 5.92 Å². The average molecular weight is 370 g/mol. The fourth-order valence-electron chi connectivity index (χ4n) is 2.42. The van der Waals surface area contributed by atoms with Gasteiger partial charge in [0.15, 0.2) is 11.6 Å². The van der Waals surface area contributed by atoms with E-state index >= 15 is 0 Å². The van der Waals surface area contributed by atoms with Gasteiger partial charge in [-0.25, -0.2) is 9.97 Å². The van der Waals surface area contributed by atoms with Crippen LogP contribution in [-0.4, -0.2) is 9.97 Å². The molecule has 2 atom stereocenters. The summed E-state index contributed by atoms with van der Waals surface area (Å²) in [6, 6.07) is 3.96. The SMILES string of the molecule is CC1CC1c1ccc(-c2nc(Cl)c(Br)c(C(C)(C)C)n2)o1. The van der Waals surface area contributed by atoms with Gasteiger partial charge in [0.1, 0.15) is 10.9 Å². The molecule has 112 valence electrons. The van der Waals surface area contributed by atoms with E-state index in [2.05, 4.69) is 53.6 Å². The van der Waals surface area contributed by atoms with Gasteiger partial charge < -0.3 is 4.42 Å². The number of rotatable bonds is 2. The Morgan fingerprint density at radius 2 is 1.95 bits per heavy atom. The highest BCUT2D eigenvalue weighted by atomic mass is 79.9. The zero-order chi connectivity index (χ0) is 15.4. The first-order valence-electron chi connectivity index (χ1n) is 7.11. The van der Waals surface area contributed by atoms with Crippen LogP contribution in [0.3, 0.4) is 0 Å². The van der Waals surface area contributed by atoms with Crippen LogP contribution in [0.25, 0.3) is 11.6 Å². The molecule has 0 amide bonds. The second kappa shape index (κ2) is 5.10.